The predicted molar refractivity (Wildman–Crippen MR) is 68.0 cm³/mol. The number of hydrogen-bond donors (Lipinski definition) is 2. The van der Waals surface area contributed by atoms with E-state index in [0.717, 1.165) is 12.1 Å². The molecule has 0 saturated heterocycles. The average molecular weight is 311 g/mol. The number of halogens is 4. The minimum Gasteiger partial charge on any atom is -0.493 e. The van der Waals surface area contributed by atoms with Crippen LogP contribution < -0.4 is 14.8 Å². The van der Waals surface area contributed by atoms with E-state index in [1.54, 1.807) is 0 Å². The summed E-state index contributed by atoms with van der Waals surface area (Å²) in [5.41, 5.74) is -0.624. The van der Waals surface area contributed by atoms with Crippen molar-refractivity contribution in [3.8, 4) is 11.5 Å². The van der Waals surface area contributed by atoms with Crippen molar-refractivity contribution in [3.05, 3.63) is 23.5 Å². The zero-order valence-electron chi connectivity index (χ0n) is 11.8. The van der Waals surface area contributed by atoms with E-state index in [2.05, 4.69) is 5.32 Å². The molecule has 0 heterocycles. The van der Waals surface area contributed by atoms with Crippen molar-refractivity contribution in [1.29, 1.82) is 0 Å². The number of hydrogen-bond acceptors (Lipinski definition) is 4. The van der Waals surface area contributed by atoms with Crippen LogP contribution in [0.3, 0.4) is 0 Å². The van der Waals surface area contributed by atoms with Gasteiger partial charge in [-0.1, -0.05) is 0 Å². The first kappa shape index (κ1) is 17.5. The highest BCUT2D eigenvalue weighted by atomic mass is 19.4. The molecule has 0 fully saturated rings. The summed E-state index contributed by atoms with van der Waals surface area (Å²) in [5, 5.41) is 11.2. The Labute approximate surface area is 119 Å². The maximum atomic E-state index is 13.9. The molecule has 0 aliphatic rings. The number of aliphatic hydroxyl groups excluding tert-OH is 1. The first-order valence-corrected chi connectivity index (χ1v) is 6.10. The van der Waals surface area contributed by atoms with Crippen molar-refractivity contribution in [3.63, 3.8) is 0 Å². The van der Waals surface area contributed by atoms with Crippen LogP contribution in [0.1, 0.15) is 18.5 Å². The summed E-state index contributed by atoms with van der Waals surface area (Å²) in [5.74, 6) is -1.09. The monoisotopic (exact) mass is 311 g/mol. The van der Waals surface area contributed by atoms with Gasteiger partial charge >= 0.3 is 6.18 Å². The number of ether oxygens (including phenoxy) is 2. The lowest BCUT2D eigenvalue weighted by molar-refractivity contribution is -0.159. The Hall–Kier alpha value is -1.54. The summed E-state index contributed by atoms with van der Waals surface area (Å²) >= 11 is 0. The van der Waals surface area contributed by atoms with Crippen LogP contribution in [0.25, 0.3) is 0 Å². The Morgan fingerprint density at radius 1 is 1.19 bits per heavy atom. The minimum absolute atomic E-state index is 0.00444. The lowest BCUT2D eigenvalue weighted by atomic mass is 10.0. The number of aliphatic hydroxyl groups is 1. The predicted octanol–water partition coefficient (Wildman–Crippen LogP) is 2.42. The van der Waals surface area contributed by atoms with E-state index < -0.39 is 29.7 Å². The molecule has 21 heavy (non-hydrogen) atoms. The van der Waals surface area contributed by atoms with Crippen molar-refractivity contribution < 1.29 is 32.1 Å². The average Bonchev–Trinajstić information content (AvgIpc) is 2.38. The van der Waals surface area contributed by atoms with Crippen LogP contribution in [0.4, 0.5) is 17.6 Å². The van der Waals surface area contributed by atoms with Gasteiger partial charge in [-0.15, -0.1) is 0 Å². The smallest absolute Gasteiger partial charge is 0.408 e. The van der Waals surface area contributed by atoms with Crippen LogP contribution >= 0.6 is 0 Å². The van der Waals surface area contributed by atoms with E-state index in [4.69, 9.17) is 14.6 Å². The third kappa shape index (κ3) is 4.47. The highest BCUT2D eigenvalue weighted by molar-refractivity contribution is 5.45. The fraction of sp³-hybridized carbons (Fsp3) is 0.538. The number of rotatable bonds is 6. The molecule has 0 saturated carbocycles. The zero-order valence-corrected chi connectivity index (χ0v) is 11.8. The number of methoxy groups -OCH3 is 2. The first-order chi connectivity index (χ1) is 9.70. The molecule has 0 spiro atoms. The molecule has 1 aromatic carbocycles. The molecule has 0 aromatic heterocycles. The number of benzene rings is 1. The van der Waals surface area contributed by atoms with Gasteiger partial charge in [-0.05, 0) is 13.0 Å². The van der Waals surface area contributed by atoms with Gasteiger partial charge in [0, 0.05) is 18.2 Å². The van der Waals surface area contributed by atoms with Gasteiger partial charge in [0.05, 0.1) is 20.3 Å². The summed E-state index contributed by atoms with van der Waals surface area (Å²) in [6.45, 7) is 0.989. The van der Waals surface area contributed by atoms with E-state index in [9.17, 15) is 17.6 Å². The van der Waals surface area contributed by atoms with Crippen molar-refractivity contribution in [2.75, 3.05) is 20.8 Å². The van der Waals surface area contributed by atoms with Gasteiger partial charge in [0.1, 0.15) is 11.9 Å². The second-order valence-electron chi connectivity index (χ2n) is 4.46. The van der Waals surface area contributed by atoms with Crippen LogP contribution in [0.2, 0.25) is 0 Å². The quantitative estimate of drug-likeness (QED) is 0.792. The van der Waals surface area contributed by atoms with Crippen molar-refractivity contribution >= 4 is 0 Å². The molecule has 2 atom stereocenters. The molecular weight excluding hydrogens is 294 g/mol. The third-order valence-corrected chi connectivity index (χ3v) is 2.76. The molecule has 0 aliphatic carbocycles. The summed E-state index contributed by atoms with van der Waals surface area (Å²) in [6, 6.07) is -0.495. The van der Waals surface area contributed by atoms with E-state index in [0.29, 0.717) is 0 Å². The molecule has 0 bridgehead atoms. The Balaban J connectivity index is 3.24. The van der Waals surface area contributed by atoms with Gasteiger partial charge in [-0.3, -0.25) is 5.32 Å². The van der Waals surface area contributed by atoms with Crippen molar-refractivity contribution in [2.45, 2.75) is 25.2 Å². The third-order valence-electron chi connectivity index (χ3n) is 2.76. The Morgan fingerprint density at radius 2 is 1.71 bits per heavy atom. The van der Waals surface area contributed by atoms with E-state index in [1.165, 1.54) is 21.1 Å². The number of alkyl halides is 3. The first-order valence-electron chi connectivity index (χ1n) is 6.10. The van der Waals surface area contributed by atoms with Crippen LogP contribution in [-0.4, -0.2) is 38.2 Å². The normalized spacial score (nSPS) is 14.7. The van der Waals surface area contributed by atoms with Gasteiger partial charge in [0.2, 0.25) is 0 Å². The summed E-state index contributed by atoms with van der Waals surface area (Å²) in [7, 11) is 2.50. The Kier molecular flexibility index (Phi) is 5.79. The lowest BCUT2D eigenvalue weighted by Gasteiger charge is -2.24. The van der Waals surface area contributed by atoms with Crippen LogP contribution in [-0.2, 0) is 0 Å². The second kappa shape index (κ2) is 6.95. The maximum Gasteiger partial charge on any atom is 0.408 e. The van der Waals surface area contributed by atoms with Crippen LogP contribution in [0, 0.1) is 5.82 Å². The molecule has 1 rings (SSSR count). The van der Waals surface area contributed by atoms with Gasteiger partial charge in [0.15, 0.2) is 11.5 Å². The van der Waals surface area contributed by atoms with Gasteiger partial charge < -0.3 is 14.6 Å². The molecule has 8 heteroatoms. The summed E-state index contributed by atoms with van der Waals surface area (Å²) in [4.78, 5) is 0. The van der Waals surface area contributed by atoms with E-state index in [1.807, 2.05) is 0 Å². The Morgan fingerprint density at radius 3 is 2.14 bits per heavy atom. The summed E-state index contributed by atoms with van der Waals surface area (Å²) < 4.78 is 62.8. The largest absolute Gasteiger partial charge is 0.493 e. The molecule has 1 aromatic rings. The molecule has 1 unspecified atom stereocenters. The molecule has 0 amide bonds. The topological polar surface area (TPSA) is 50.7 Å². The second-order valence-corrected chi connectivity index (χ2v) is 4.46. The minimum atomic E-state index is -4.73. The molecular formula is C13H17F4NO3. The standard InChI is InChI=1S/C13H17F4NO3/c1-7(19)6-18-12(13(15,16)17)8-4-10(20-2)11(21-3)5-9(8)14/h4-5,7,12,18-19H,6H2,1-3H3/t7-,12?/m0/s1. The number of nitrogens with one attached hydrogen (secondary N) is 1. The summed E-state index contributed by atoms with van der Waals surface area (Å²) in [6.07, 6.45) is -5.73. The highest BCUT2D eigenvalue weighted by Gasteiger charge is 2.42. The van der Waals surface area contributed by atoms with Crippen molar-refractivity contribution in [1.82, 2.24) is 5.32 Å². The SMILES string of the molecule is COc1cc(F)c(C(NC[C@H](C)O)C(F)(F)F)cc1OC. The van der Waals surface area contributed by atoms with Gasteiger partial charge in [-0.2, -0.15) is 13.2 Å². The van der Waals surface area contributed by atoms with Crippen LogP contribution in [0.5, 0.6) is 11.5 Å². The molecule has 0 aliphatic heterocycles. The van der Waals surface area contributed by atoms with E-state index >= 15 is 0 Å². The highest BCUT2D eigenvalue weighted by Crippen LogP contribution is 2.38. The molecule has 120 valence electrons. The van der Waals surface area contributed by atoms with Crippen LogP contribution in [0.15, 0.2) is 12.1 Å². The zero-order chi connectivity index (χ0) is 16.2. The van der Waals surface area contributed by atoms with Crippen molar-refractivity contribution in [2.24, 2.45) is 0 Å². The fourth-order valence-corrected chi connectivity index (χ4v) is 1.78. The molecule has 4 nitrogen and oxygen atoms in total. The molecule has 2 N–H and O–H groups in total. The van der Waals surface area contributed by atoms with E-state index in [-0.39, 0.29) is 18.0 Å². The van der Waals surface area contributed by atoms with Gasteiger partial charge in [-0.25, -0.2) is 4.39 Å². The Bertz CT molecular complexity index is 477. The maximum absolute atomic E-state index is 13.9. The molecule has 0 radical (unpaired) electrons. The fourth-order valence-electron chi connectivity index (χ4n) is 1.78. The van der Waals surface area contributed by atoms with Gasteiger partial charge in [0.25, 0.3) is 0 Å². The lowest BCUT2D eigenvalue weighted by Crippen LogP contribution is -2.38.